The Morgan fingerprint density at radius 2 is 1.31 bits per heavy atom. The molecule has 0 radical (unpaired) electrons. The van der Waals surface area contributed by atoms with E-state index in [1.807, 2.05) is 6.07 Å². The lowest BCUT2D eigenvalue weighted by molar-refractivity contribution is -0.190. The van der Waals surface area contributed by atoms with Gasteiger partial charge in [-0.25, -0.2) is 4.98 Å². The van der Waals surface area contributed by atoms with Crippen LogP contribution in [0.15, 0.2) is 52.8 Å². The van der Waals surface area contributed by atoms with Gasteiger partial charge >= 0.3 is 11.9 Å². The Balaban J connectivity index is 2.31. The van der Waals surface area contributed by atoms with E-state index in [1.54, 1.807) is 36.4 Å². The third-order valence-corrected chi connectivity index (χ3v) is 12.8. The predicted octanol–water partition coefficient (Wildman–Crippen LogP) is 11.4. The molecule has 9 heteroatoms. The van der Waals surface area contributed by atoms with Crippen LogP contribution in [0.25, 0.3) is 0 Å². The van der Waals surface area contributed by atoms with Gasteiger partial charge in [0.1, 0.15) is 36.4 Å². The zero-order chi connectivity index (χ0) is 38.7. The number of nitrogens with zero attached hydrogens (tertiary/aromatic N) is 4. The van der Waals surface area contributed by atoms with Crippen LogP contribution in [0.2, 0.25) is 0 Å². The molecule has 0 aliphatic heterocycles. The minimum Gasteiger partial charge on any atom is -0.490 e. The second kappa shape index (κ2) is 17.6. The number of nitriles is 1. The number of azo groups is 1. The van der Waals surface area contributed by atoms with E-state index in [-0.39, 0.29) is 30.6 Å². The quantitative estimate of drug-likeness (QED) is 0.0763. The first-order valence-electron chi connectivity index (χ1n) is 18.6. The molecule has 0 aliphatic rings. The summed E-state index contributed by atoms with van der Waals surface area (Å²) in [6.07, 6.45) is 6.81. The molecule has 3 unspecified atom stereocenters. The van der Waals surface area contributed by atoms with Crippen molar-refractivity contribution in [2.75, 3.05) is 20.3 Å². The Bertz CT molecular complexity index is 1510. The summed E-state index contributed by atoms with van der Waals surface area (Å²) in [5, 5.41) is 17.3. The molecule has 0 fully saturated rings. The molecule has 0 saturated heterocycles. The molecule has 1 aromatic carbocycles. The Hall–Kier alpha value is -3.80. The van der Waals surface area contributed by atoms with E-state index in [9.17, 15) is 9.59 Å². The van der Waals surface area contributed by atoms with Crippen LogP contribution >= 0.6 is 0 Å². The molecule has 0 aliphatic carbocycles. The van der Waals surface area contributed by atoms with E-state index in [0.29, 0.717) is 35.7 Å². The van der Waals surface area contributed by atoms with Gasteiger partial charge in [0.05, 0.1) is 29.8 Å². The van der Waals surface area contributed by atoms with Gasteiger partial charge < -0.3 is 14.2 Å². The molecule has 1 heterocycles. The van der Waals surface area contributed by atoms with Gasteiger partial charge in [0, 0.05) is 0 Å². The molecule has 282 valence electrons. The smallest absolute Gasteiger partial charge is 0.312 e. The number of carbonyl (C=O) groups is 2. The number of aromatic nitrogens is 1. The number of pyridine rings is 1. The van der Waals surface area contributed by atoms with E-state index >= 15 is 0 Å². The Morgan fingerprint density at radius 1 is 0.725 bits per heavy atom. The van der Waals surface area contributed by atoms with E-state index < -0.39 is 27.1 Å². The number of benzene rings is 1. The largest absolute Gasteiger partial charge is 0.490 e. The van der Waals surface area contributed by atoms with Crippen LogP contribution in [0, 0.1) is 43.8 Å². The van der Waals surface area contributed by atoms with Gasteiger partial charge in [-0.3, -0.25) is 9.59 Å². The van der Waals surface area contributed by atoms with Crippen LogP contribution in [0.1, 0.15) is 134 Å². The minimum atomic E-state index is -0.851. The van der Waals surface area contributed by atoms with E-state index in [4.69, 9.17) is 19.5 Å². The maximum Gasteiger partial charge on any atom is 0.312 e. The fourth-order valence-corrected chi connectivity index (χ4v) is 8.37. The van der Waals surface area contributed by atoms with Gasteiger partial charge in [0.2, 0.25) is 0 Å². The van der Waals surface area contributed by atoms with Crippen molar-refractivity contribution in [1.82, 2.24) is 4.98 Å². The molecule has 2 aromatic rings. The molecule has 2 rings (SSSR count). The fraction of sp³-hybridized carbons (Fsp3) is 0.667. The molecule has 0 N–H and O–H groups in total. The lowest BCUT2D eigenvalue weighted by atomic mass is 9.42. The number of methoxy groups -OCH3 is 1. The third kappa shape index (κ3) is 9.36. The number of hydrogen-bond donors (Lipinski definition) is 0. The van der Waals surface area contributed by atoms with Crippen LogP contribution in [-0.4, -0.2) is 37.2 Å². The van der Waals surface area contributed by atoms with Crippen molar-refractivity contribution in [1.29, 1.82) is 5.26 Å². The molecule has 0 spiro atoms. The average molecular weight is 705 g/mol. The summed E-state index contributed by atoms with van der Waals surface area (Å²) in [5.41, 5.74) is -1.46. The molecular weight excluding hydrogens is 640 g/mol. The van der Waals surface area contributed by atoms with Gasteiger partial charge in [-0.2, -0.15) is 10.4 Å². The van der Waals surface area contributed by atoms with Gasteiger partial charge in [-0.15, -0.1) is 5.11 Å². The lowest BCUT2D eigenvalue weighted by Crippen LogP contribution is -2.59. The summed E-state index contributed by atoms with van der Waals surface area (Å²) in [7, 11) is 1.50. The zero-order valence-electron chi connectivity index (χ0n) is 33.7. The average Bonchev–Trinajstić information content (AvgIpc) is 3.12. The summed E-state index contributed by atoms with van der Waals surface area (Å²) in [6.45, 7) is 26.4. The third-order valence-electron chi connectivity index (χ3n) is 12.8. The van der Waals surface area contributed by atoms with E-state index in [0.717, 1.165) is 32.1 Å². The van der Waals surface area contributed by atoms with Crippen LogP contribution < -0.4 is 4.74 Å². The molecule has 51 heavy (non-hydrogen) atoms. The van der Waals surface area contributed by atoms with Crippen molar-refractivity contribution in [3.63, 3.8) is 0 Å². The molecule has 1 aromatic heterocycles. The Kier molecular flexibility index (Phi) is 15.0. The van der Waals surface area contributed by atoms with Crippen LogP contribution in [0.4, 0.5) is 11.4 Å². The number of hydrogen-bond acceptors (Lipinski definition) is 9. The molecular formula is C42H64N4O5. The highest BCUT2D eigenvalue weighted by Gasteiger charge is 2.64. The molecule has 0 saturated carbocycles. The van der Waals surface area contributed by atoms with Crippen molar-refractivity contribution in [2.24, 2.45) is 42.7 Å². The summed E-state index contributed by atoms with van der Waals surface area (Å²) in [6, 6.07) is 12.4. The number of ether oxygens (including phenoxy) is 3. The molecule has 3 atom stereocenters. The summed E-state index contributed by atoms with van der Waals surface area (Å²) >= 11 is 0. The van der Waals surface area contributed by atoms with Gasteiger partial charge in [-0.05, 0) is 104 Å². The zero-order valence-corrected chi connectivity index (χ0v) is 33.7. The first-order chi connectivity index (χ1) is 23.8. The summed E-state index contributed by atoms with van der Waals surface area (Å²) in [4.78, 5) is 32.3. The SMILES string of the molecule is CCC(C)(C)CC(C)(C(=O)OC)C(CC)(CC)C(C)(CC)CC(C)(C(=O)OCCOc1ccc(N=Nc2ccc(C#N)nc2)cc1)C(C)(C)CC. The molecule has 9 nitrogen and oxygen atoms in total. The van der Waals surface area contributed by atoms with Crippen LogP contribution in [-0.2, 0) is 19.1 Å². The standard InChI is InChI=1S/C42H64N4O5/c1-14-37(6,7)29-41(12,35(47)49-13)42(17-4,18-5)39(10,16-3)30-40(11,38(8,9)15-2)36(48)51-26-25-50-34-23-21-31(22-24-34)45-46-33-20-19-32(27-43)44-28-33/h19-24,28H,14-18,25-26,29-30H2,1-13H3. The van der Waals surface area contributed by atoms with Crippen molar-refractivity contribution < 1.29 is 23.8 Å². The van der Waals surface area contributed by atoms with Crippen molar-refractivity contribution in [3.05, 3.63) is 48.3 Å². The first-order valence-corrected chi connectivity index (χ1v) is 18.6. The van der Waals surface area contributed by atoms with Crippen LogP contribution in [0.5, 0.6) is 5.75 Å². The van der Waals surface area contributed by atoms with Gasteiger partial charge in [-0.1, -0.05) is 82.1 Å². The van der Waals surface area contributed by atoms with E-state index in [1.165, 1.54) is 13.3 Å². The predicted molar refractivity (Wildman–Crippen MR) is 203 cm³/mol. The highest BCUT2D eigenvalue weighted by Crippen LogP contribution is 2.66. The number of rotatable bonds is 20. The minimum absolute atomic E-state index is 0.0770. The van der Waals surface area contributed by atoms with Gasteiger partial charge in [0.15, 0.2) is 0 Å². The monoisotopic (exact) mass is 704 g/mol. The Labute approximate surface area is 308 Å². The second-order valence-corrected chi connectivity index (χ2v) is 16.2. The molecule has 0 amide bonds. The second-order valence-electron chi connectivity index (χ2n) is 16.2. The van der Waals surface area contributed by atoms with Gasteiger partial charge in [0.25, 0.3) is 0 Å². The normalized spacial score (nSPS) is 16.0. The van der Waals surface area contributed by atoms with Crippen molar-refractivity contribution >= 4 is 23.3 Å². The fourth-order valence-electron chi connectivity index (χ4n) is 8.37. The summed E-state index contributed by atoms with van der Waals surface area (Å²) in [5.74, 6) is 0.191. The van der Waals surface area contributed by atoms with Crippen molar-refractivity contribution in [3.8, 4) is 11.8 Å². The van der Waals surface area contributed by atoms with Crippen molar-refractivity contribution in [2.45, 2.75) is 128 Å². The number of carbonyl (C=O) groups excluding carboxylic acids is 2. The summed E-state index contributed by atoms with van der Waals surface area (Å²) < 4.78 is 17.6. The topological polar surface area (TPSA) is 123 Å². The maximum atomic E-state index is 14.4. The lowest BCUT2D eigenvalue weighted by Gasteiger charge is -2.61. The maximum absolute atomic E-state index is 14.4. The highest BCUT2D eigenvalue weighted by atomic mass is 16.6. The van der Waals surface area contributed by atoms with Crippen LogP contribution in [0.3, 0.4) is 0 Å². The Morgan fingerprint density at radius 3 is 1.78 bits per heavy atom. The number of esters is 2. The highest BCUT2D eigenvalue weighted by molar-refractivity contribution is 5.79. The van der Waals surface area contributed by atoms with E-state index in [2.05, 4.69) is 98.3 Å². The molecule has 0 bridgehead atoms. The first kappa shape index (κ1) is 43.4.